The molecule has 0 saturated carbocycles. The Morgan fingerprint density at radius 1 is 0.676 bits per heavy atom. The van der Waals surface area contributed by atoms with E-state index in [0.717, 1.165) is 33.6 Å². The number of hydrogen-bond donors (Lipinski definition) is 3. The van der Waals surface area contributed by atoms with Gasteiger partial charge in [0.1, 0.15) is 18.4 Å². The molecule has 0 bridgehead atoms. The van der Waals surface area contributed by atoms with E-state index in [2.05, 4.69) is 5.32 Å². The first kappa shape index (κ1) is 25.7. The van der Waals surface area contributed by atoms with Crippen molar-refractivity contribution >= 4 is 11.8 Å². The molecule has 5 N–H and O–H groups in total. The molecule has 37 heavy (non-hydrogen) atoms. The zero-order chi connectivity index (χ0) is 26.0. The van der Waals surface area contributed by atoms with E-state index in [1.807, 2.05) is 109 Å². The highest BCUT2D eigenvalue weighted by Crippen LogP contribution is 2.20. The van der Waals surface area contributed by atoms with Gasteiger partial charge in [-0.2, -0.15) is 0 Å². The highest BCUT2D eigenvalue weighted by molar-refractivity contribution is 5.89. The van der Waals surface area contributed by atoms with Gasteiger partial charge in [-0.3, -0.25) is 9.59 Å². The average Bonchev–Trinajstić information content (AvgIpc) is 2.93. The zero-order valence-electron chi connectivity index (χ0n) is 20.5. The maximum absolute atomic E-state index is 12.7. The SMILES string of the molecule is NC(=O)[C@H](Cc1ccc(-c2ccccc2)cc1)NC(=O)[C@@H](N)Cc1ccc(OCc2ccccc2)cc1. The summed E-state index contributed by atoms with van der Waals surface area (Å²) in [5.41, 5.74) is 16.8. The van der Waals surface area contributed by atoms with E-state index in [0.29, 0.717) is 13.0 Å². The summed E-state index contributed by atoms with van der Waals surface area (Å²) >= 11 is 0. The number of nitrogens with one attached hydrogen (secondary N) is 1. The number of benzene rings is 4. The van der Waals surface area contributed by atoms with Crippen LogP contribution in [0.2, 0.25) is 0 Å². The van der Waals surface area contributed by atoms with E-state index in [4.69, 9.17) is 16.2 Å². The number of amides is 2. The monoisotopic (exact) mass is 493 g/mol. The number of carbonyl (C=O) groups is 2. The van der Waals surface area contributed by atoms with Gasteiger partial charge in [-0.05, 0) is 46.4 Å². The normalized spacial score (nSPS) is 12.4. The third-order valence-electron chi connectivity index (χ3n) is 6.12. The fourth-order valence-corrected chi connectivity index (χ4v) is 4.01. The van der Waals surface area contributed by atoms with Gasteiger partial charge in [0.2, 0.25) is 11.8 Å². The van der Waals surface area contributed by atoms with E-state index in [1.165, 1.54) is 0 Å². The van der Waals surface area contributed by atoms with Crippen molar-refractivity contribution < 1.29 is 14.3 Å². The van der Waals surface area contributed by atoms with Crippen LogP contribution in [0.4, 0.5) is 0 Å². The molecule has 6 heteroatoms. The Morgan fingerprint density at radius 2 is 1.22 bits per heavy atom. The maximum Gasteiger partial charge on any atom is 0.240 e. The van der Waals surface area contributed by atoms with Gasteiger partial charge < -0.3 is 21.5 Å². The molecule has 4 aromatic carbocycles. The third kappa shape index (κ3) is 7.53. The van der Waals surface area contributed by atoms with Crippen molar-refractivity contribution in [2.75, 3.05) is 0 Å². The van der Waals surface area contributed by atoms with Gasteiger partial charge in [-0.15, -0.1) is 0 Å². The fraction of sp³-hybridized carbons (Fsp3) is 0.161. The Labute approximate surface area is 217 Å². The summed E-state index contributed by atoms with van der Waals surface area (Å²) in [6.07, 6.45) is 0.609. The van der Waals surface area contributed by atoms with Gasteiger partial charge in [-0.1, -0.05) is 97.1 Å². The van der Waals surface area contributed by atoms with Crippen LogP contribution in [0.15, 0.2) is 109 Å². The minimum absolute atomic E-state index is 0.288. The molecule has 0 aliphatic rings. The molecular formula is C31H31N3O3. The molecular weight excluding hydrogens is 462 g/mol. The predicted molar refractivity (Wildman–Crippen MR) is 146 cm³/mol. The van der Waals surface area contributed by atoms with Crippen molar-refractivity contribution in [2.45, 2.75) is 31.5 Å². The van der Waals surface area contributed by atoms with Crippen LogP contribution < -0.4 is 21.5 Å². The lowest BCUT2D eigenvalue weighted by molar-refractivity contribution is -0.128. The average molecular weight is 494 g/mol. The lowest BCUT2D eigenvalue weighted by atomic mass is 10.00. The maximum atomic E-state index is 12.7. The molecule has 0 aliphatic carbocycles. The van der Waals surface area contributed by atoms with Gasteiger partial charge >= 0.3 is 0 Å². The van der Waals surface area contributed by atoms with Crippen LogP contribution in [0, 0.1) is 0 Å². The number of nitrogens with two attached hydrogens (primary N) is 2. The molecule has 188 valence electrons. The van der Waals surface area contributed by atoms with Crippen molar-refractivity contribution in [1.29, 1.82) is 0 Å². The second-order valence-corrected chi connectivity index (χ2v) is 8.96. The van der Waals surface area contributed by atoms with E-state index in [9.17, 15) is 9.59 Å². The van der Waals surface area contributed by atoms with Crippen LogP contribution >= 0.6 is 0 Å². The van der Waals surface area contributed by atoms with Gasteiger partial charge in [-0.25, -0.2) is 0 Å². The minimum Gasteiger partial charge on any atom is -0.489 e. The Hall–Kier alpha value is -4.42. The number of hydrogen-bond acceptors (Lipinski definition) is 4. The van der Waals surface area contributed by atoms with Crippen LogP contribution in [-0.2, 0) is 29.0 Å². The molecule has 4 rings (SSSR count). The molecule has 2 amide bonds. The fourth-order valence-electron chi connectivity index (χ4n) is 4.01. The zero-order valence-corrected chi connectivity index (χ0v) is 20.5. The van der Waals surface area contributed by atoms with Crippen LogP contribution in [0.25, 0.3) is 11.1 Å². The number of rotatable bonds is 11. The number of primary amides is 1. The smallest absolute Gasteiger partial charge is 0.240 e. The molecule has 0 unspecified atom stereocenters. The summed E-state index contributed by atoms with van der Waals surface area (Å²) in [7, 11) is 0. The third-order valence-corrected chi connectivity index (χ3v) is 6.12. The summed E-state index contributed by atoms with van der Waals surface area (Å²) in [6.45, 7) is 0.478. The minimum atomic E-state index is -0.852. The van der Waals surface area contributed by atoms with E-state index < -0.39 is 23.9 Å². The standard InChI is InChI=1S/C31H31N3O3/c32-28(19-22-13-17-27(18-14-22)37-21-24-7-3-1-4-8-24)31(36)34-29(30(33)35)20-23-11-15-26(16-12-23)25-9-5-2-6-10-25/h1-18,28-29H,19-21,32H2,(H2,33,35)(H,34,36)/t28-,29-/m0/s1. The predicted octanol–water partition coefficient (Wildman–Crippen LogP) is 4.02. The van der Waals surface area contributed by atoms with E-state index >= 15 is 0 Å². The van der Waals surface area contributed by atoms with Crippen LogP contribution in [-0.4, -0.2) is 23.9 Å². The summed E-state index contributed by atoms with van der Waals surface area (Å²) in [6, 6.07) is 33.6. The van der Waals surface area contributed by atoms with E-state index in [-0.39, 0.29) is 6.42 Å². The Kier molecular flexibility index (Phi) is 8.68. The molecule has 2 atom stereocenters. The summed E-state index contributed by atoms with van der Waals surface area (Å²) in [4.78, 5) is 24.8. The summed E-state index contributed by atoms with van der Waals surface area (Å²) < 4.78 is 5.81. The topological polar surface area (TPSA) is 107 Å². The molecule has 0 saturated heterocycles. The van der Waals surface area contributed by atoms with Gasteiger partial charge in [0.25, 0.3) is 0 Å². The molecule has 0 spiro atoms. The molecule has 0 aromatic heterocycles. The second kappa shape index (κ2) is 12.5. The van der Waals surface area contributed by atoms with Gasteiger partial charge in [0, 0.05) is 6.42 Å². The Morgan fingerprint density at radius 3 is 1.84 bits per heavy atom. The summed E-state index contributed by atoms with van der Waals surface area (Å²) in [5, 5.41) is 2.72. The Balaban J connectivity index is 1.29. The lowest BCUT2D eigenvalue weighted by Crippen LogP contribution is -2.51. The van der Waals surface area contributed by atoms with Gasteiger partial charge in [0.05, 0.1) is 6.04 Å². The first-order valence-corrected chi connectivity index (χ1v) is 12.2. The molecule has 4 aromatic rings. The van der Waals surface area contributed by atoms with Crippen LogP contribution in [0.1, 0.15) is 16.7 Å². The van der Waals surface area contributed by atoms with Gasteiger partial charge in [0.15, 0.2) is 0 Å². The van der Waals surface area contributed by atoms with Crippen LogP contribution in [0.3, 0.4) is 0 Å². The lowest BCUT2D eigenvalue weighted by Gasteiger charge is -2.19. The van der Waals surface area contributed by atoms with E-state index in [1.54, 1.807) is 0 Å². The quantitative estimate of drug-likeness (QED) is 0.293. The number of carbonyl (C=O) groups excluding carboxylic acids is 2. The first-order chi connectivity index (χ1) is 18.0. The molecule has 0 fully saturated rings. The van der Waals surface area contributed by atoms with Crippen molar-refractivity contribution in [3.63, 3.8) is 0 Å². The molecule has 0 aliphatic heterocycles. The molecule has 0 heterocycles. The summed E-state index contributed by atoms with van der Waals surface area (Å²) in [5.74, 6) is -0.292. The Bertz CT molecular complexity index is 1290. The largest absolute Gasteiger partial charge is 0.489 e. The first-order valence-electron chi connectivity index (χ1n) is 12.2. The van der Waals surface area contributed by atoms with Crippen molar-refractivity contribution in [1.82, 2.24) is 5.32 Å². The van der Waals surface area contributed by atoms with Crippen molar-refractivity contribution in [3.8, 4) is 16.9 Å². The second-order valence-electron chi connectivity index (χ2n) is 8.96. The highest BCUT2D eigenvalue weighted by Gasteiger charge is 2.22. The highest BCUT2D eigenvalue weighted by atomic mass is 16.5. The van der Waals surface area contributed by atoms with Crippen molar-refractivity contribution in [3.05, 3.63) is 126 Å². The van der Waals surface area contributed by atoms with Crippen molar-refractivity contribution in [2.24, 2.45) is 11.5 Å². The molecule has 0 radical (unpaired) electrons. The van der Waals surface area contributed by atoms with Crippen LogP contribution in [0.5, 0.6) is 5.75 Å². The number of ether oxygens (including phenoxy) is 1. The molecule has 6 nitrogen and oxygen atoms in total.